The molecule has 1 aromatic heterocycles. The standard InChI is InChI=1S/C17H16FN3OS/c1-11-6-12(2)21-17(15(11)8-19)23-10-16(22)20-9-13-4-3-5-14(18)7-13/h3-7H,9-10H2,1-2H3,(H,20,22). The minimum absolute atomic E-state index is 0.153. The molecule has 0 aliphatic rings. The molecule has 0 aliphatic heterocycles. The molecule has 1 N–H and O–H groups in total. The third kappa shape index (κ3) is 4.80. The minimum atomic E-state index is -0.329. The van der Waals surface area contributed by atoms with Gasteiger partial charge in [0.15, 0.2) is 0 Å². The maximum Gasteiger partial charge on any atom is 0.230 e. The van der Waals surface area contributed by atoms with Crippen LogP contribution in [0.2, 0.25) is 0 Å². The molecule has 0 bridgehead atoms. The molecule has 23 heavy (non-hydrogen) atoms. The molecule has 2 aromatic rings. The highest BCUT2D eigenvalue weighted by Crippen LogP contribution is 2.23. The van der Waals surface area contributed by atoms with E-state index in [0.29, 0.717) is 16.2 Å². The van der Waals surface area contributed by atoms with Crippen LogP contribution in [-0.4, -0.2) is 16.6 Å². The molecule has 0 radical (unpaired) electrons. The number of rotatable bonds is 5. The van der Waals surface area contributed by atoms with E-state index in [-0.39, 0.29) is 24.0 Å². The van der Waals surface area contributed by atoms with Crippen LogP contribution in [0.25, 0.3) is 0 Å². The van der Waals surface area contributed by atoms with Gasteiger partial charge >= 0.3 is 0 Å². The van der Waals surface area contributed by atoms with Gasteiger partial charge in [0.1, 0.15) is 16.9 Å². The fourth-order valence-electron chi connectivity index (χ4n) is 2.08. The zero-order valence-electron chi connectivity index (χ0n) is 12.9. The van der Waals surface area contributed by atoms with Crippen molar-refractivity contribution in [1.29, 1.82) is 5.26 Å². The number of amides is 1. The van der Waals surface area contributed by atoms with Gasteiger partial charge in [-0.25, -0.2) is 9.37 Å². The molecule has 2 rings (SSSR count). The van der Waals surface area contributed by atoms with Crippen LogP contribution in [0, 0.1) is 31.0 Å². The molecule has 6 heteroatoms. The molecule has 0 spiro atoms. The van der Waals surface area contributed by atoms with Crippen molar-refractivity contribution in [3.8, 4) is 6.07 Å². The summed E-state index contributed by atoms with van der Waals surface area (Å²) < 4.78 is 13.1. The van der Waals surface area contributed by atoms with E-state index in [1.807, 2.05) is 19.9 Å². The van der Waals surface area contributed by atoms with E-state index < -0.39 is 0 Å². The van der Waals surface area contributed by atoms with Crippen molar-refractivity contribution in [3.63, 3.8) is 0 Å². The Morgan fingerprint density at radius 1 is 1.39 bits per heavy atom. The maximum absolute atomic E-state index is 13.1. The molecule has 4 nitrogen and oxygen atoms in total. The lowest BCUT2D eigenvalue weighted by Crippen LogP contribution is -2.24. The van der Waals surface area contributed by atoms with Gasteiger partial charge in [-0.3, -0.25) is 4.79 Å². The number of pyridine rings is 1. The van der Waals surface area contributed by atoms with Crippen LogP contribution in [0.15, 0.2) is 35.4 Å². The summed E-state index contributed by atoms with van der Waals surface area (Å²) >= 11 is 1.23. The number of nitriles is 1. The Bertz CT molecular complexity index is 771. The number of hydrogen-bond donors (Lipinski definition) is 1. The first-order chi connectivity index (χ1) is 11.0. The summed E-state index contributed by atoms with van der Waals surface area (Å²) in [6, 6.07) is 10.0. The average molecular weight is 329 g/mol. The molecular formula is C17H16FN3OS. The number of halogens is 1. The predicted octanol–water partition coefficient (Wildman–Crippen LogP) is 3.12. The van der Waals surface area contributed by atoms with E-state index >= 15 is 0 Å². The highest BCUT2D eigenvalue weighted by atomic mass is 32.2. The third-order valence-corrected chi connectivity index (χ3v) is 4.12. The second-order valence-electron chi connectivity index (χ2n) is 5.07. The topological polar surface area (TPSA) is 65.8 Å². The van der Waals surface area contributed by atoms with Gasteiger partial charge < -0.3 is 5.32 Å². The Morgan fingerprint density at radius 2 is 2.17 bits per heavy atom. The Kier molecular flexibility index (Phi) is 5.72. The lowest BCUT2D eigenvalue weighted by Gasteiger charge is -2.08. The predicted molar refractivity (Wildman–Crippen MR) is 87.4 cm³/mol. The zero-order valence-corrected chi connectivity index (χ0v) is 13.7. The van der Waals surface area contributed by atoms with Crippen molar-refractivity contribution >= 4 is 17.7 Å². The number of aromatic nitrogens is 1. The summed E-state index contributed by atoms with van der Waals surface area (Å²) in [6.07, 6.45) is 0. The Balaban J connectivity index is 1.94. The molecule has 0 saturated heterocycles. The van der Waals surface area contributed by atoms with Crippen molar-refractivity contribution in [1.82, 2.24) is 10.3 Å². The Hall–Kier alpha value is -2.39. The molecule has 0 saturated carbocycles. The van der Waals surface area contributed by atoms with Crippen molar-refractivity contribution < 1.29 is 9.18 Å². The molecule has 118 valence electrons. The van der Waals surface area contributed by atoms with Gasteiger partial charge in [-0.05, 0) is 43.2 Å². The fourth-order valence-corrected chi connectivity index (χ4v) is 3.00. The van der Waals surface area contributed by atoms with Crippen molar-refractivity contribution in [2.24, 2.45) is 0 Å². The molecule has 1 heterocycles. The highest BCUT2D eigenvalue weighted by molar-refractivity contribution is 8.00. The molecule has 1 aromatic carbocycles. The van der Waals surface area contributed by atoms with Crippen LogP contribution < -0.4 is 5.32 Å². The van der Waals surface area contributed by atoms with Gasteiger partial charge in [0.25, 0.3) is 0 Å². The van der Waals surface area contributed by atoms with Crippen molar-refractivity contribution in [2.75, 3.05) is 5.75 Å². The molecule has 1 amide bonds. The number of nitrogens with one attached hydrogen (secondary N) is 1. The lowest BCUT2D eigenvalue weighted by atomic mass is 10.1. The maximum atomic E-state index is 13.1. The number of carbonyl (C=O) groups excluding carboxylic acids is 1. The van der Waals surface area contributed by atoms with E-state index in [2.05, 4.69) is 16.4 Å². The summed E-state index contributed by atoms with van der Waals surface area (Å²) in [5, 5.41) is 12.5. The first-order valence-electron chi connectivity index (χ1n) is 7.02. The van der Waals surface area contributed by atoms with Gasteiger partial charge in [0, 0.05) is 12.2 Å². The third-order valence-electron chi connectivity index (χ3n) is 3.14. The quantitative estimate of drug-likeness (QED) is 0.856. The number of nitrogens with zero attached hydrogens (tertiary/aromatic N) is 2. The van der Waals surface area contributed by atoms with Crippen LogP contribution in [0.5, 0.6) is 0 Å². The summed E-state index contributed by atoms with van der Waals surface area (Å²) in [5.41, 5.74) is 2.86. The van der Waals surface area contributed by atoms with Crippen molar-refractivity contribution in [3.05, 3.63) is 58.5 Å². The Morgan fingerprint density at radius 3 is 2.87 bits per heavy atom. The fraction of sp³-hybridized carbons (Fsp3) is 0.235. The van der Waals surface area contributed by atoms with E-state index in [0.717, 1.165) is 11.3 Å². The lowest BCUT2D eigenvalue weighted by molar-refractivity contribution is -0.118. The normalized spacial score (nSPS) is 10.2. The molecule has 0 unspecified atom stereocenters. The second-order valence-corrected chi connectivity index (χ2v) is 6.03. The number of benzene rings is 1. The van der Waals surface area contributed by atoms with E-state index in [1.54, 1.807) is 12.1 Å². The molecular weight excluding hydrogens is 313 g/mol. The Labute approximate surface area is 138 Å². The van der Waals surface area contributed by atoms with Gasteiger partial charge in [0.05, 0.1) is 11.3 Å². The summed E-state index contributed by atoms with van der Waals surface area (Å²) in [5.74, 6) is -0.367. The zero-order chi connectivity index (χ0) is 16.8. The number of hydrogen-bond acceptors (Lipinski definition) is 4. The smallest absolute Gasteiger partial charge is 0.230 e. The SMILES string of the molecule is Cc1cc(C)c(C#N)c(SCC(=O)NCc2cccc(F)c2)n1. The average Bonchev–Trinajstić information content (AvgIpc) is 2.50. The minimum Gasteiger partial charge on any atom is -0.351 e. The summed E-state index contributed by atoms with van der Waals surface area (Å²) in [7, 11) is 0. The van der Waals surface area contributed by atoms with Crippen LogP contribution >= 0.6 is 11.8 Å². The number of thioether (sulfide) groups is 1. The number of carbonyl (C=O) groups is 1. The first kappa shape index (κ1) is 17.0. The van der Waals surface area contributed by atoms with Crippen LogP contribution in [-0.2, 0) is 11.3 Å². The first-order valence-corrected chi connectivity index (χ1v) is 8.00. The van der Waals surface area contributed by atoms with Gasteiger partial charge in [0.2, 0.25) is 5.91 Å². The largest absolute Gasteiger partial charge is 0.351 e. The second kappa shape index (κ2) is 7.75. The van der Waals surface area contributed by atoms with E-state index in [9.17, 15) is 14.4 Å². The van der Waals surface area contributed by atoms with Gasteiger partial charge in [-0.1, -0.05) is 23.9 Å². The van der Waals surface area contributed by atoms with E-state index in [4.69, 9.17) is 0 Å². The summed E-state index contributed by atoms with van der Waals surface area (Å²) in [6.45, 7) is 3.96. The van der Waals surface area contributed by atoms with Crippen LogP contribution in [0.4, 0.5) is 4.39 Å². The monoisotopic (exact) mass is 329 g/mol. The molecule has 0 fully saturated rings. The number of aryl methyl sites for hydroxylation is 2. The van der Waals surface area contributed by atoms with Gasteiger partial charge in [-0.2, -0.15) is 5.26 Å². The van der Waals surface area contributed by atoms with Crippen LogP contribution in [0.3, 0.4) is 0 Å². The summed E-state index contributed by atoms with van der Waals surface area (Å²) in [4.78, 5) is 16.2. The van der Waals surface area contributed by atoms with Gasteiger partial charge in [-0.15, -0.1) is 0 Å². The van der Waals surface area contributed by atoms with E-state index in [1.165, 1.54) is 23.9 Å². The molecule has 0 atom stereocenters. The molecule has 0 aliphatic carbocycles. The van der Waals surface area contributed by atoms with Crippen molar-refractivity contribution in [2.45, 2.75) is 25.4 Å². The highest BCUT2D eigenvalue weighted by Gasteiger charge is 2.11. The van der Waals surface area contributed by atoms with Crippen LogP contribution in [0.1, 0.15) is 22.4 Å².